The van der Waals surface area contributed by atoms with Crippen LogP contribution >= 0.6 is 0 Å². The molecular weight excluding hydrogens is 196 g/mol. The summed E-state index contributed by atoms with van der Waals surface area (Å²) in [5, 5.41) is 0.234. The van der Waals surface area contributed by atoms with Crippen LogP contribution < -0.4 is 0 Å². The van der Waals surface area contributed by atoms with Crippen molar-refractivity contribution in [3.63, 3.8) is 0 Å². The van der Waals surface area contributed by atoms with Crippen LogP contribution in [0.1, 0.15) is 20.8 Å². The lowest BCUT2D eigenvalue weighted by Gasteiger charge is -2.36. The highest BCUT2D eigenvalue weighted by Gasteiger charge is 2.36. The molecule has 84 valence electrons. The fourth-order valence-electron chi connectivity index (χ4n) is 0.704. The highest BCUT2D eigenvalue weighted by molar-refractivity contribution is 6.74. The SMILES string of the molecule is CC(C)(C)[Si](C)(C)OCCOCC=O. The van der Waals surface area contributed by atoms with Crippen LogP contribution in [0.4, 0.5) is 0 Å². The van der Waals surface area contributed by atoms with E-state index in [0.29, 0.717) is 13.2 Å². The molecule has 4 heteroatoms. The molecule has 0 aliphatic heterocycles. The van der Waals surface area contributed by atoms with E-state index < -0.39 is 8.32 Å². The molecular formula is C10H22O3Si. The first-order valence-corrected chi connectivity index (χ1v) is 7.87. The van der Waals surface area contributed by atoms with Crippen LogP contribution in [0, 0.1) is 0 Å². The Labute approximate surface area is 87.9 Å². The minimum absolute atomic E-state index is 0.168. The van der Waals surface area contributed by atoms with Crippen molar-refractivity contribution in [1.29, 1.82) is 0 Å². The van der Waals surface area contributed by atoms with E-state index in [1.54, 1.807) is 0 Å². The van der Waals surface area contributed by atoms with Crippen molar-refractivity contribution in [2.24, 2.45) is 0 Å². The number of aldehydes is 1. The summed E-state index contributed by atoms with van der Waals surface area (Å²) in [4.78, 5) is 9.97. The van der Waals surface area contributed by atoms with Crippen molar-refractivity contribution in [2.75, 3.05) is 19.8 Å². The van der Waals surface area contributed by atoms with E-state index in [1.807, 2.05) is 0 Å². The van der Waals surface area contributed by atoms with Crippen LogP contribution in [-0.2, 0) is 14.0 Å². The van der Waals surface area contributed by atoms with Gasteiger partial charge in [0.1, 0.15) is 12.9 Å². The molecule has 0 amide bonds. The Morgan fingerprint density at radius 2 is 1.79 bits per heavy atom. The van der Waals surface area contributed by atoms with Gasteiger partial charge in [-0.2, -0.15) is 0 Å². The molecule has 0 aromatic carbocycles. The van der Waals surface area contributed by atoms with Gasteiger partial charge in [-0.1, -0.05) is 20.8 Å². The first-order valence-electron chi connectivity index (χ1n) is 4.96. The molecule has 14 heavy (non-hydrogen) atoms. The molecule has 0 spiro atoms. The molecule has 3 nitrogen and oxygen atoms in total. The number of hydrogen-bond donors (Lipinski definition) is 0. The monoisotopic (exact) mass is 218 g/mol. The zero-order valence-corrected chi connectivity index (χ0v) is 10.9. The standard InChI is InChI=1S/C10H22O3Si/c1-10(2,3)14(4,5)13-9-8-12-7-6-11/h6H,7-9H2,1-5H3. The van der Waals surface area contributed by atoms with Crippen LogP contribution in [0.25, 0.3) is 0 Å². The van der Waals surface area contributed by atoms with Gasteiger partial charge in [-0.3, -0.25) is 0 Å². The Kier molecular flexibility index (Phi) is 5.55. The van der Waals surface area contributed by atoms with E-state index in [9.17, 15) is 4.79 Å². The Hall–Kier alpha value is -0.193. The van der Waals surface area contributed by atoms with E-state index in [4.69, 9.17) is 9.16 Å². The molecule has 0 aliphatic rings. The van der Waals surface area contributed by atoms with Crippen LogP contribution in [0.15, 0.2) is 0 Å². The summed E-state index contributed by atoms with van der Waals surface area (Å²) < 4.78 is 10.9. The van der Waals surface area contributed by atoms with Gasteiger partial charge in [0.2, 0.25) is 0 Å². The van der Waals surface area contributed by atoms with Crippen LogP contribution in [0.2, 0.25) is 18.1 Å². The quantitative estimate of drug-likeness (QED) is 0.389. The molecule has 0 fully saturated rings. The molecule has 0 radical (unpaired) electrons. The zero-order valence-electron chi connectivity index (χ0n) is 9.92. The first kappa shape index (κ1) is 13.8. The van der Waals surface area contributed by atoms with Gasteiger partial charge in [-0.25, -0.2) is 0 Å². The summed E-state index contributed by atoms with van der Waals surface area (Å²) in [7, 11) is -1.63. The summed E-state index contributed by atoms with van der Waals surface area (Å²) in [6.07, 6.45) is 0.756. The summed E-state index contributed by atoms with van der Waals surface area (Å²) in [6, 6.07) is 0. The number of ether oxygens (including phenoxy) is 1. The molecule has 0 saturated carbocycles. The fourth-order valence-corrected chi connectivity index (χ4v) is 1.73. The summed E-state index contributed by atoms with van der Waals surface area (Å²) in [6.45, 7) is 12.3. The lowest BCUT2D eigenvalue weighted by Crippen LogP contribution is -2.41. The normalized spacial score (nSPS) is 12.9. The van der Waals surface area contributed by atoms with Gasteiger partial charge in [-0.05, 0) is 18.1 Å². The smallest absolute Gasteiger partial charge is 0.192 e. The van der Waals surface area contributed by atoms with Crippen molar-refractivity contribution in [3.05, 3.63) is 0 Å². The third-order valence-corrected chi connectivity index (χ3v) is 7.22. The average molecular weight is 218 g/mol. The lowest BCUT2D eigenvalue weighted by molar-refractivity contribution is -0.112. The van der Waals surface area contributed by atoms with Crippen LogP contribution in [0.3, 0.4) is 0 Å². The number of carbonyl (C=O) groups excluding carboxylic acids is 1. The fraction of sp³-hybridized carbons (Fsp3) is 0.900. The maximum Gasteiger partial charge on any atom is 0.192 e. The Balaban J connectivity index is 3.72. The van der Waals surface area contributed by atoms with Crippen molar-refractivity contribution < 1.29 is 14.0 Å². The number of carbonyl (C=O) groups is 1. The van der Waals surface area contributed by atoms with Gasteiger partial charge in [0, 0.05) is 0 Å². The number of rotatable bonds is 6. The van der Waals surface area contributed by atoms with Crippen molar-refractivity contribution in [3.8, 4) is 0 Å². The van der Waals surface area contributed by atoms with Gasteiger partial charge < -0.3 is 14.0 Å². The van der Waals surface area contributed by atoms with E-state index >= 15 is 0 Å². The Bertz CT molecular complexity index is 173. The summed E-state index contributed by atoms with van der Waals surface area (Å²) in [5.74, 6) is 0. The van der Waals surface area contributed by atoms with Gasteiger partial charge in [0.15, 0.2) is 8.32 Å². The highest BCUT2D eigenvalue weighted by Crippen LogP contribution is 2.36. The second-order valence-electron chi connectivity index (χ2n) is 4.85. The van der Waals surface area contributed by atoms with Crippen molar-refractivity contribution in [1.82, 2.24) is 0 Å². The minimum Gasteiger partial charge on any atom is -0.414 e. The molecule has 0 aromatic heterocycles. The second-order valence-corrected chi connectivity index (χ2v) is 9.66. The molecule has 0 aliphatic carbocycles. The van der Waals surface area contributed by atoms with Crippen molar-refractivity contribution in [2.45, 2.75) is 38.9 Å². The van der Waals surface area contributed by atoms with Crippen LogP contribution in [0.5, 0.6) is 0 Å². The topological polar surface area (TPSA) is 35.5 Å². The molecule has 0 heterocycles. The Morgan fingerprint density at radius 3 is 2.21 bits per heavy atom. The average Bonchev–Trinajstić information content (AvgIpc) is 2.02. The highest BCUT2D eigenvalue weighted by atomic mass is 28.4. The molecule has 0 atom stereocenters. The summed E-state index contributed by atoms with van der Waals surface area (Å²) in [5.41, 5.74) is 0. The van der Waals surface area contributed by atoms with E-state index in [0.717, 1.165) is 6.29 Å². The maximum absolute atomic E-state index is 9.97. The van der Waals surface area contributed by atoms with E-state index in [-0.39, 0.29) is 11.6 Å². The van der Waals surface area contributed by atoms with E-state index in [1.165, 1.54) is 0 Å². The van der Waals surface area contributed by atoms with Gasteiger partial charge in [0.05, 0.1) is 13.2 Å². The second kappa shape index (κ2) is 5.63. The lowest BCUT2D eigenvalue weighted by atomic mass is 10.2. The third-order valence-electron chi connectivity index (χ3n) is 2.68. The Morgan fingerprint density at radius 1 is 1.21 bits per heavy atom. The number of hydrogen-bond acceptors (Lipinski definition) is 3. The molecule has 0 rings (SSSR count). The van der Waals surface area contributed by atoms with E-state index in [2.05, 4.69) is 33.9 Å². The first-order chi connectivity index (χ1) is 6.31. The van der Waals surface area contributed by atoms with Gasteiger partial charge >= 0.3 is 0 Å². The molecule has 0 N–H and O–H groups in total. The summed E-state index contributed by atoms with van der Waals surface area (Å²) >= 11 is 0. The third kappa shape index (κ3) is 4.88. The molecule has 0 aromatic rings. The van der Waals surface area contributed by atoms with Gasteiger partial charge in [0.25, 0.3) is 0 Å². The predicted octanol–water partition coefficient (Wildman–Crippen LogP) is 2.22. The van der Waals surface area contributed by atoms with Crippen LogP contribution in [-0.4, -0.2) is 34.4 Å². The molecule has 0 unspecified atom stereocenters. The minimum atomic E-state index is -1.63. The molecule has 0 bridgehead atoms. The van der Waals surface area contributed by atoms with Crippen molar-refractivity contribution >= 4 is 14.6 Å². The van der Waals surface area contributed by atoms with Gasteiger partial charge in [-0.15, -0.1) is 0 Å². The predicted molar refractivity (Wildman–Crippen MR) is 60.0 cm³/mol. The molecule has 0 saturated heterocycles. The zero-order chi connectivity index (χ0) is 11.2. The maximum atomic E-state index is 9.97. The largest absolute Gasteiger partial charge is 0.414 e.